The highest BCUT2D eigenvalue weighted by atomic mass is 32.1. The lowest BCUT2D eigenvalue weighted by molar-refractivity contribution is -0.0416. The molecule has 0 spiro atoms. The second-order valence-electron chi connectivity index (χ2n) is 5.92. The van der Waals surface area contributed by atoms with Crippen molar-refractivity contribution in [3.8, 4) is 0 Å². The van der Waals surface area contributed by atoms with Gasteiger partial charge in [0.15, 0.2) is 0 Å². The highest BCUT2D eigenvalue weighted by molar-refractivity contribution is 7.80. The second kappa shape index (κ2) is 5.90. The number of ether oxygens (including phenoxy) is 1. The van der Waals surface area contributed by atoms with E-state index in [9.17, 15) is 0 Å². The number of nitrogens with zero attached hydrogens (tertiary/aromatic N) is 3. The summed E-state index contributed by atoms with van der Waals surface area (Å²) in [5, 5.41) is 7.80. The number of hydrogen-bond acceptors (Lipinski definition) is 5. The summed E-state index contributed by atoms with van der Waals surface area (Å²) in [6.07, 6.45) is 2.77. The van der Waals surface area contributed by atoms with Crippen molar-refractivity contribution in [1.82, 2.24) is 14.7 Å². The Morgan fingerprint density at radius 3 is 3.14 bits per heavy atom. The highest BCUT2D eigenvalue weighted by Crippen LogP contribution is 2.23. The Morgan fingerprint density at radius 1 is 1.57 bits per heavy atom. The van der Waals surface area contributed by atoms with Crippen molar-refractivity contribution in [3.63, 3.8) is 0 Å². The molecule has 2 unspecified atom stereocenters. The SMILES string of the molecule is Cc1nn(C)c(NCC2CN3CCCC3CO2)c1C(N)=S. The first-order chi connectivity index (χ1) is 10.1. The monoisotopic (exact) mass is 309 g/mol. The lowest BCUT2D eigenvalue weighted by Gasteiger charge is -2.35. The summed E-state index contributed by atoms with van der Waals surface area (Å²) in [4.78, 5) is 2.92. The van der Waals surface area contributed by atoms with Gasteiger partial charge >= 0.3 is 0 Å². The standard InChI is InChI=1S/C14H23N5OS/c1-9-12(13(15)21)14(18(2)17-9)16-6-11-7-19-5-3-4-10(19)8-20-11/h10-11,16H,3-8H2,1-2H3,(H2,15,21). The van der Waals surface area contributed by atoms with Crippen molar-refractivity contribution in [2.75, 3.05) is 31.6 Å². The van der Waals surface area contributed by atoms with Gasteiger partial charge in [-0.2, -0.15) is 5.10 Å². The van der Waals surface area contributed by atoms with Crippen molar-refractivity contribution in [2.45, 2.75) is 31.9 Å². The van der Waals surface area contributed by atoms with E-state index in [1.807, 2.05) is 14.0 Å². The molecule has 1 aromatic rings. The molecule has 116 valence electrons. The molecule has 0 radical (unpaired) electrons. The minimum absolute atomic E-state index is 0.203. The summed E-state index contributed by atoms with van der Waals surface area (Å²) in [5.74, 6) is 0.882. The Hall–Kier alpha value is -1.18. The third kappa shape index (κ3) is 2.90. The van der Waals surface area contributed by atoms with Crippen molar-refractivity contribution in [2.24, 2.45) is 12.8 Å². The maximum atomic E-state index is 5.96. The van der Waals surface area contributed by atoms with Crippen molar-refractivity contribution >= 4 is 23.0 Å². The zero-order valence-electron chi connectivity index (χ0n) is 12.6. The third-order valence-corrected chi connectivity index (χ3v) is 4.63. The first kappa shape index (κ1) is 14.7. The number of morpholine rings is 1. The molecule has 2 aliphatic heterocycles. The van der Waals surface area contributed by atoms with Crippen molar-refractivity contribution in [3.05, 3.63) is 11.3 Å². The molecule has 3 N–H and O–H groups in total. The average Bonchev–Trinajstić information content (AvgIpc) is 2.99. The molecule has 2 aliphatic rings. The molecule has 0 amide bonds. The van der Waals surface area contributed by atoms with Crippen LogP contribution in [-0.2, 0) is 11.8 Å². The predicted octanol–water partition coefficient (Wildman–Crippen LogP) is 0.638. The first-order valence-electron chi connectivity index (χ1n) is 7.49. The molecule has 0 bridgehead atoms. The van der Waals surface area contributed by atoms with Gasteiger partial charge in [-0.1, -0.05) is 12.2 Å². The summed E-state index contributed by atoms with van der Waals surface area (Å²) in [5.41, 5.74) is 7.50. The molecule has 2 fully saturated rings. The topological polar surface area (TPSA) is 68.3 Å². The molecular formula is C14H23N5OS. The minimum Gasteiger partial charge on any atom is -0.389 e. The zero-order chi connectivity index (χ0) is 15.0. The molecule has 0 aliphatic carbocycles. The number of fused-ring (bicyclic) bond motifs is 1. The van der Waals surface area contributed by atoms with Gasteiger partial charge in [0, 0.05) is 26.2 Å². The lowest BCUT2D eigenvalue weighted by Crippen LogP contribution is -2.48. The molecule has 21 heavy (non-hydrogen) atoms. The van der Waals surface area contributed by atoms with Gasteiger partial charge in [-0.05, 0) is 26.3 Å². The molecule has 6 nitrogen and oxygen atoms in total. The van der Waals surface area contributed by atoms with Crippen LogP contribution in [0.15, 0.2) is 0 Å². The molecule has 1 aromatic heterocycles. The molecule has 3 heterocycles. The molecule has 0 aromatic carbocycles. The van der Waals surface area contributed by atoms with E-state index in [1.54, 1.807) is 4.68 Å². The van der Waals surface area contributed by atoms with Gasteiger partial charge in [0.2, 0.25) is 0 Å². The van der Waals surface area contributed by atoms with Gasteiger partial charge in [0.25, 0.3) is 0 Å². The third-order valence-electron chi connectivity index (χ3n) is 4.43. The van der Waals surface area contributed by atoms with E-state index in [4.69, 9.17) is 22.7 Å². The van der Waals surface area contributed by atoms with Crippen LogP contribution in [0.2, 0.25) is 0 Å². The van der Waals surface area contributed by atoms with Crippen LogP contribution < -0.4 is 11.1 Å². The molecule has 3 rings (SSSR count). The largest absolute Gasteiger partial charge is 0.389 e. The van der Waals surface area contributed by atoms with Crippen LogP contribution in [0, 0.1) is 6.92 Å². The number of nitrogens with one attached hydrogen (secondary N) is 1. The fourth-order valence-electron chi connectivity index (χ4n) is 3.38. The van der Waals surface area contributed by atoms with E-state index >= 15 is 0 Å². The predicted molar refractivity (Wildman–Crippen MR) is 86.7 cm³/mol. The van der Waals surface area contributed by atoms with E-state index in [2.05, 4.69) is 15.3 Å². The van der Waals surface area contributed by atoms with Crippen molar-refractivity contribution in [1.29, 1.82) is 0 Å². The van der Waals surface area contributed by atoms with Crippen LogP contribution in [0.1, 0.15) is 24.1 Å². The molecule has 2 saturated heterocycles. The van der Waals surface area contributed by atoms with E-state index in [0.717, 1.165) is 36.8 Å². The van der Waals surface area contributed by atoms with Crippen LogP contribution >= 0.6 is 12.2 Å². The summed E-state index contributed by atoms with van der Waals surface area (Å²) in [6.45, 7) is 5.72. The van der Waals surface area contributed by atoms with Crippen LogP contribution in [0.3, 0.4) is 0 Å². The summed E-state index contributed by atoms with van der Waals surface area (Å²) >= 11 is 5.13. The van der Waals surface area contributed by atoms with Gasteiger partial charge in [-0.25, -0.2) is 0 Å². The smallest absolute Gasteiger partial charge is 0.134 e. The van der Waals surface area contributed by atoms with E-state index < -0.39 is 0 Å². The number of rotatable bonds is 4. The van der Waals surface area contributed by atoms with Crippen molar-refractivity contribution < 1.29 is 4.74 Å². The number of anilines is 1. The Kier molecular flexibility index (Phi) is 4.14. The summed E-state index contributed by atoms with van der Waals surface area (Å²) < 4.78 is 7.76. The van der Waals surface area contributed by atoms with Crippen LogP contribution in [0.25, 0.3) is 0 Å². The van der Waals surface area contributed by atoms with Gasteiger partial charge in [-0.3, -0.25) is 9.58 Å². The highest BCUT2D eigenvalue weighted by Gasteiger charge is 2.32. The fourth-order valence-corrected chi connectivity index (χ4v) is 3.62. The second-order valence-corrected chi connectivity index (χ2v) is 6.36. The molecule has 0 saturated carbocycles. The zero-order valence-corrected chi connectivity index (χ0v) is 13.4. The maximum Gasteiger partial charge on any atom is 0.134 e. The maximum absolute atomic E-state index is 5.96. The van der Waals surface area contributed by atoms with E-state index in [0.29, 0.717) is 11.0 Å². The van der Waals surface area contributed by atoms with Gasteiger partial charge < -0.3 is 15.8 Å². The molecular weight excluding hydrogens is 286 g/mol. The number of aromatic nitrogens is 2. The van der Waals surface area contributed by atoms with Gasteiger partial charge in [-0.15, -0.1) is 0 Å². The number of hydrogen-bond donors (Lipinski definition) is 2. The number of nitrogens with two attached hydrogens (primary N) is 1. The molecule has 2 atom stereocenters. The summed E-state index contributed by atoms with van der Waals surface area (Å²) in [7, 11) is 1.90. The normalized spacial score (nSPS) is 25.8. The van der Waals surface area contributed by atoms with E-state index in [1.165, 1.54) is 19.4 Å². The number of thiocarbonyl (C=S) groups is 1. The Bertz CT molecular complexity index is 544. The van der Waals surface area contributed by atoms with E-state index in [-0.39, 0.29) is 6.10 Å². The van der Waals surface area contributed by atoms with Crippen LogP contribution in [0.4, 0.5) is 5.82 Å². The first-order valence-corrected chi connectivity index (χ1v) is 7.90. The number of aryl methyl sites for hydroxylation is 2. The Balaban J connectivity index is 1.64. The lowest BCUT2D eigenvalue weighted by atomic mass is 10.2. The minimum atomic E-state index is 0.203. The Labute approximate surface area is 130 Å². The Morgan fingerprint density at radius 2 is 2.38 bits per heavy atom. The van der Waals surface area contributed by atoms with Gasteiger partial charge in [0.1, 0.15) is 10.8 Å². The quantitative estimate of drug-likeness (QED) is 0.796. The fraction of sp³-hybridized carbons (Fsp3) is 0.714. The summed E-state index contributed by atoms with van der Waals surface area (Å²) in [6, 6.07) is 0.632. The van der Waals surface area contributed by atoms with Crippen LogP contribution in [-0.4, -0.2) is 58.1 Å². The van der Waals surface area contributed by atoms with Gasteiger partial charge in [0.05, 0.1) is 24.0 Å². The molecule has 7 heteroatoms. The van der Waals surface area contributed by atoms with Crippen LogP contribution in [0.5, 0.6) is 0 Å². The average molecular weight is 309 g/mol.